The molecular formula is C23H20F4N4O3S. The molecule has 2 amide bonds. The van der Waals surface area contributed by atoms with E-state index in [9.17, 15) is 27.2 Å². The molecule has 4 rings (SSSR count). The number of anilines is 2. The standard InChI is InChI=1S/C23H20F4N4O3S/c24-15-3-6-18(17(9-15)23(25,26)27)30-16-4-1-14(2-5-16)10-29-21(33)22(7-8-34-12-22)31-20(32)19-11-28-13-35-19/h1-6,9,11,13,30H,7-8,10,12H2,(H,29,33)(H,31,32)/t22-/m0/s1. The first-order chi connectivity index (χ1) is 16.7. The number of hydrogen-bond acceptors (Lipinski definition) is 6. The summed E-state index contributed by atoms with van der Waals surface area (Å²) in [5.74, 6) is -1.80. The quantitative estimate of drug-likeness (QED) is 0.415. The average molecular weight is 508 g/mol. The van der Waals surface area contributed by atoms with Gasteiger partial charge >= 0.3 is 6.18 Å². The molecule has 0 spiro atoms. The Kier molecular flexibility index (Phi) is 7.03. The lowest BCUT2D eigenvalue weighted by Crippen LogP contribution is -2.59. The number of alkyl halides is 3. The van der Waals surface area contributed by atoms with Gasteiger partial charge in [0.15, 0.2) is 0 Å². The van der Waals surface area contributed by atoms with Crippen LogP contribution in [0.5, 0.6) is 0 Å². The van der Waals surface area contributed by atoms with Gasteiger partial charge in [-0.05, 0) is 35.9 Å². The highest BCUT2D eigenvalue weighted by Gasteiger charge is 2.44. The number of nitrogens with one attached hydrogen (secondary N) is 3. The Morgan fingerprint density at radius 2 is 1.91 bits per heavy atom. The zero-order valence-corrected chi connectivity index (χ0v) is 18.9. The summed E-state index contributed by atoms with van der Waals surface area (Å²) in [5, 5.41) is 8.18. The molecule has 3 N–H and O–H groups in total. The number of halogens is 4. The number of benzene rings is 2. The van der Waals surface area contributed by atoms with Crippen molar-refractivity contribution in [3.05, 3.63) is 76.0 Å². The summed E-state index contributed by atoms with van der Waals surface area (Å²) in [7, 11) is 0. The first-order valence-electron chi connectivity index (χ1n) is 10.5. The van der Waals surface area contributed by atoms with Crippen LogP contribution in [-0.4, -0.2) is 35.6 Å². The molecule has 12 heteroatoms. The van der Waals surface area contributed by atoms with Crippen molar-refractivity contribution >= 4 is 34.5 Å². The van der Waals surface area contributed by atoms with Crippen LogP contribution in [0.1, 0.15) is 27.2 Å². The molecule has 1 aliphatic rings. The van der Waals surface area contributed by atoms with Crippen LogP contribution in [0.15, 0.2) is 54.2 Å². The fourth-order valence-electron chi connectivity index (χ4n) is 3.58. The van der Waals surface area contributed by atoms with Crippen molar-refractivity contribution in [2.24, 2.45) is 0 Å². The van der Waals surface area contributed by atoms with Gasteiger partial charge in [-0.15, -0.1) is 11.3 Å². The number of amides is 2. The normalized spacial score (nSPS) is 17.7. The Labute approximate surface area is 201 Å². The van der Waals surface area contributed by atoms with Crippen molar-refractivity contribution in [3.63, 3.8) is 0 Å². The second kappa shape index (κ2) is 10.0. The van der Waals surface area contributed by atoms with Crippen LogP contribution in [0.2, 0.25) is 0 Å². The van der Waals surface area contributed by atoms with E-state index in [-0.39, 0.29) is 18.8 Å². The Hall–Kier alpha value is -3.51. The van der Waals surface area contributed by atoms with Gasteiger partial charge < -0.3 is 20.7 Å². The maximum atomic E-state index is 13.3. The molecule has 3 aromatic rings. The van der Waals surface area contributed by atoms with Gasteiger partial charge in [-0.3, -0.25) is 14.6 Å². The lowest BCUT2D eigenvalue weighted by Gasteiger charge is -2.27. The van der Waals surface area contributed by atoms with Gasteiger partial charge in [-0.25, -0.2) is 4.39 Å². The minimum Gasteiger partial charge on any atom is -0.378 e. The van der Waals surface area contributed by atoms with Crippen molar-refractivity contribution in [3.8, 4) is 0 Å². The third kappa shape index (κ3) is 5.77. The molecule has 35 heavy (non-hydrogen) atoms. The second-order valence-electron chi connectivity index (χ2n) is 7.90. The number of carbonyl (C=O) groups is 2. The third-order valence-electron chi connectivity index (χ3n) is 5.44. The number of aromatic nitrogens is 1. The van der Waals surface area contributed by atoms with E-state index in [1.165, 1.54) is 11.7 Å². The molecule has 1 saturated heterocycles. The molecular weight excluding hydrogens is 488 g/mol. The van der Waals surface area contributed by atoms with Crippen LogP contribution in [0.25, 0.3) is 0 Å². The van der Waals surface area contributed by atoms with Crippen LogP contribution in [-0.2, 0) is 22.3 Å². The van der Waals surface area contributed by atoms with Crippen molar-refractivity contribution in [1.29, 1.82) is 0 Å². The molecule has 2 aromatic carbocycles. The second-order valence-corrected chi connectivity index (χ2v) is 8.78. The number of carbonyl (C=O) groups excluding carboxylic acids is 2. The third-order valence-corrected chi connectivity index (χ3v) is 6.21. The van der Waals surface area contributed by atoms with Crippen LogP contribution < -0.4 is 16.0 Å². The van der Waals surface area contributed by atoms with E-state index < -0.39 is 34.9 Å². The van der Waals surface area contributed by atoms with Gasteiger partial charge in [0.2, 0.25) is 5.91 Å². The molecule has 0 unspecified atom stereocenters. The van der Waals surface area contributed by atoms with E-state index in [1.807, 2.05) is 0 Å². The zero-order valence-electron chi connectivity index (χ0n) is 18.1. The molecule has 1 aliphatic heterocycles. The number of thiazole rings is 1. The van der Waals surface area contributed by atoms with E-state index >= 15 is 0 Å². The predicted molar refractivity (Wildman–Crippen MR) is 121 cm³/mol. The van der Waals surface area contributed by atoms with Crippen LogP contribution in [0, 0.1) is 5.82 Å². The average Bonchev–Trinajstić information content (AvgIpc) is 3.52. The molecule has 0 aliphatic carbocycles. The van der Waals surface area contributed by atoms with Crippen molar-refractivity contribution in [2.75, 3.05) is 18.5 Å². The summed E-state index contributed by atoms with van der Waals surface area (Å²) in [6.45, 7) is 0.479. The number of ether oxygens (including phenoxy) is 1. The maximum absolute atomic E-state index is 13.3. The SMILES string of the molecule is O=C(N[C@@]1(C(=O)NCc2ccc(Nc3ccc(F)cc3C(F)(F)F)cc2)CCOC1)c1cncs1. The van der Waals surface area contributed by atoms with Crippen LogP contribution in [0.4, 0.5) is 28.9 Å². The van der Waals surface area contributed by atoms with Crippen molar-refractivity contribution < 1.29 is 31.9 Å². The molecule has 1 atom stereocenters. The van der Waals surface area contributed by atoms with Crippen molar-refractivity contribution in [1.82, 2.24) is 15.6 Å². The van der Waals surface area contributed by atoms with E-state index in [0.29, 0.717) is 35.2 Å². The lowest BCUT2D eigenvalue weighted by molar-refractivity contribution is -0.137. The highest BCUT2D eigenvalue weighted by molar-refractivity contribution is 7.11. The van der Waals surface area contributed by atoms with Gasteiger partial charge in [0.25, 0.3) is 5.91 Å². The fourth-order valence-corrected chi connectivity index (χ4v) is 4.09. The first-order valence-corrected chi connectivity index (χ1v) is 11.3. The van der Waals surface area contributed by atoms with E-state index in [0.717, 1.165) is 23.5 Å². The molecule has 0 saturated carbocycles. The summed E-state index contributed by atoms with van der Waals surface area (Å²) < 4.78 is 58.3. The van der Waals surface area contributed by atoms with Crippen molar-refractivity contribution in [2.45, 2.75) is 24.7 Å². The molecule has 1 fully saturated rings. The lowest BCUT2D eigenvalue weighted by atomic mass is 9.97. The highest BCUT2D eigenvalue weighted by atomic mass is 32.1. The summed E-state index contributed by atoms with van der Waals surface area (Å²) in [6.07, 6.45) is -2.99. The fraction of sp³-hybridized carbons (Fsp3) is 0.261. The molecule has 0 bridgehead atoms. The molecule has 0 radical (unpaired) electrons. The molecule has 7 nitrogen and oxygen atoms in total. The zero-order chi connectivity index (χ0) is 25.1. The van der Waals surface area contributed by atoms with Gasteiger partial charge in [-0.1, -0.05) is 12.1 Å². The topological polar surface area (TPSA) is 92.4 Å². The Balaban J connectivity index is 1.39. The minimum atomic E-state index is -4.72. The Bertz CT molecular complexity index is 1190. The summed E-state index contributed by atoms with van der Waals surface area (Å²) in [5.41, 5.74) is -0.0422. The Morgan fingerprint density at radius 3 is 2.54 bits per heavy atom. The molecule has 1 aromatic heterocycles. The smallest absolute Gasteiger partial charge is 0.378 e. The molecule has 184 valence electrons. The molecule has 2 heterocycles. The van der Waals surface area contributed by atoms with Gasteiger partial charge in [0.05, 0.1) is 29.6 Å². The predicted octanol–water partition coefficient (Wildman–Crippen LogP) is 4.25. The monoisotopic (exact) mass is 508 g/mol. The summed E-state index contributed by atoms with van der Waals surface area (Å²) in [4.78, 5) is 29.6. The number of hydrogen-bond donors (Lipinski definition) is 3. The largest absolute Gasteiger partial charge is 0.418 e. The van der Waals surface area contributed by atoms with Crippen LogP contribution >= 0.6 is 11.3 Å². The van der Waals surface area contributed by atoms with E-state index in [1.54, 1.807) is 24.3 Å². The summed E-state index contributed by atoms with van der Waals surface area (Å²) in [6, 6.07) is 8.76. The summed E-state index contributed by atoms with van der Waals surface area (Å²) >= 11 is 1.16. The van der Waals surface area contributed by atoms with E-state index in [4.69, 9.17) is 4.74 Å². The number of rotatable bonds is 7. The number of nitrogens with zero attached hydrogens (tertiary/aromatic N) is 1. The van der Waals surface area contributed by atoms with Gasteiger partial charge in [0.1, 0.15) is 16.2 Å². The minimum absolute atomic E-state index is 0.0332. The maximum Gasteiger partial charge on any atom is 0.418 e. The van der Waals surface area contributed by atoms with Gasteiger partial charge in [0, 0.05) is 25.3 Å². The Morgan fingerprint density at radius 1 is 1.14 bits per heavy atom. The highest BCUT2D eigenvalue weighted by Crippen LogP contribution is 2.36. The van der Waals surface area contributed by atoms with E-state index in [2.05, 4.69) is 20.9 Å². The first kappa shape index (κ1) is 24.6. The van der Waals surface area contributed by atoms with Gasteiger partial charge in [-0.2, -0.15) is 13.2 Å². The van der Waals surface area contributed by atoms with Crippen LogP contribution in [0.3, 0.4) is 0 Å².